The molecular weight excluding hydrogens is 216 g/mol. The molecule has 0 aliphatic heterocycles. The highest BCUT2D eigenvalue weighted by atomic mass is 79.9. The number of halogens is 1. The Bertz CT molecular complexity index is 368. The van der Waals surface area contributed by atoms with E-state index in [1.807, 2.05) is 12.1 Å². The molecule has 0 aliphatic carbocycles. The molecule has 12 heavy (non-hydrogen) atoms. The number of hydrogen-bond acceptors (Lipinski definition) is 2. The molecule has 0 unspecified atom stereocenters. The molecule has 0 atom stereocenters. The molecule has 2 nitrogen and oxygen atoms in total. The van der Waals surface area contributed by atoms with E-state index in [0.717, 1.165) is 10.2 Å². The first-order valence-corrected chi connectivity index (χ1v) is 4.09. The quantitative estimate of drug-likeness (QED) is 0.496. The van der Waals surface area contributed by atoms with Crippen molar-refractivity contribution in [2.45, 2.75) is 6.42 Å². The van der Waals surface area contributed by atoms with Crippen molar-refractivity contribution in [3.05, 3.63) is 28.5 Å². The van der Waals surface area contributed by atoms with Crippen LogP contribution in [0.15, 0.2) is 22.9 Å². The second-order valence-electron chi connectivity index (χ2n) is 2.00. The van der Waals surface area contributed by atoms with Gasteiger partial charge in [0.1, 0.15) is 4.60 Å². The first-order valence-electron chi connectivity index (χ1n) is 3.30. The third kappa shape index (κ3) is 2.74. The number of hydrogen-bond donors (Lipinski definition) is 0. The second-order valence-corrected chi connectivity index (χ2v) is 2.82. The van der Waals surface area contributed by atoms with Crippen LogP contribution in [0.25, 0.3) is 0 Å². The first-order chi connectivity index (χ1) is 5.83. The van der Waals surface area contributed by atoms with E-state index in [2.05, 4.69) is 32.8 Å². The van der Waals surface area contributed by atoms with E-state index >= 15 is 0 Å². The average Bonchev–Trinajstić information content (AvgIpc) is 2.05. The predicted octanol–water partition coefficient (Wildman–Crippen LogP) is 2.11. The lowest BCUT2D eigenvalue weighted by atomic mass is 10.3. The van der Waals surface area contributed by atoms with Crippen LogP contribution in [0.1, 0.15) is 12.0 Å². The van der Waals surface area contributed by atoms with Crippen molar-refractivity contribution in [2.75, 3.05) is 0 Å². The van der Waals surface area contributed by atoms with Crippen molar-refractivity contribution in [1.29, 1.82) is 5.26 Å². The Kier molecular flexibility index (Phi) is 3.32. The lowest BCUT2D eigenvalue weighted by Gasteiger charge is -1.88. The molecular formula is C9H5BrN2. The van der Waals surface area contributed by atoms with Crippen LogP contribution in [-0.2, 0) is 0 Å². The molecule has 0 spiro atoms. The number of rotatable bonds is 0. The third-order valence-electron chi connectivity index (χ3n) is 1.13. The molecule has 0 N–H and O–H groups in total. The second kappa shape index (κ2) is 4.54. The Morgan fingerprint density at radius 1 is 1.58 bits per heavy atom. The van der Waals surface area contributed by atoms with Gasteiger partial charge in [-0.25, -0.2) is 4.98 Å². The largest absolute Gasteiger partial charge is 0.249 e. The van der Waals surface area contributed by atoms with Crippen molar-refractivity contribution >= 4 is 15.9 Å². The molecule has 0 saturated heterocycles. The molecule has 1 aromatic rings. The predicted molar refractivity (Wildman–Crippen MR) is 49.0 cm³/mol. The van der Waals surface area contributed by atoms with Gasteiger partial charge in [-0.1, -0.05) is 11.8 Å². The van der Waals surface area contributed by atoms with Gasteiger partial charge in [-0.2, -0.15) is 5.26 Å². The highest BCUT2D eigenvalue weighted by Crippen LogP contribution is 2.06. The van der Waals surface area contributed by atoms with E-state index in [1.165, 1.54) is 0 Å². The van der Waals surface area contributed by atoms with Gasteiger partial charge in [0.2, 0.25) is 0 Å². The van der Waals surface area contributed by atoms with Gasteiger partial charge in [0.25, 0.3) is 0 Å². The summed E-state index contributed by atoms with van der Waals surface area (Å²) in [5, 5.41) is 8.22. The van der Waals surface area contributed by atoms with E-state index in [-0.39, 0.29) is 6.42 Å². The molecule has 0 aliphatic rings. The van der Waals surface area contributed by atoms with Crippen LogP contribution < -0.4 is 0 Å². The van der Waals surface area contributed by atoms with Crippen molar-refractivity contribution in [3.63, 3.8) is 0 Å². The maximum atomic E-state index is 8.22. The summed E-state index contributed by atoms with van der Waals surface area (Å²) in [7, 11) is 0. The van der Waals surface area contributed by atoms with E-state index in [4.69, 9.17) is 5.26 Å². The summed E-state index contributed by atoms with van der Waals surface area (Å²) in [5.41, 5.74) is 0.868. The zero-order valence-corrected chi connectivity index (χ0v) is 7.80. The van der Waals surface area contributed by atoms with Crippen molar-refractivity contribution in [3.8, 4) is 17.9 Å². The SMILES string of the molecule is N#CCC#Cc1ccnc(Br)c1. The van der Waals surface area contributed by atoms with E-state index in [1.54, 1.807) is 12.3 Å². The molecule has 0 aromatic carbocycles. The summed E-state index contributed by atoms with van der Waals surface area (Å²) in [4.78, 5) is 3.95. The van der Waals surface area contributed by atoms with Crippen LogP contribution in [0.4, 0.5) is 0 Å². The molecule has 1 heterocycles. The normalized spacial score (nSPS) is 8.00. The zero-order chi connectivity index (χ0) is 8.81. The van der Waals surface area contributed by atoms with Gasteiger partial charge in [0, 0.05) is 11.8 Å². The van der Waals surface area contributed by atoms with E-state index in [0.29, 0.717) is 0 Å². The van der Waals surface area contributed by atoms with Gasteiger partial charge in [0.05, 0.1) is 12.5 Å². The van der Waals surface area contributed by atoms with Gasteiger partial charge in [-0.05, 0) is 28.1 Å². The molecule has 0 fully saturated rings. The van der Waals surface area contributed by atoms with Crippen molar-refractivity contribution in [2.24, 2.45) is 0 Å². The smallest absolute Gasteiger partial charge is 0.107 e. The fraction of sp³-hybridized carbons (Fsp3) is 0.111. The van der Waals surface area contributed by atoms with Crippen molar-refractivity contribution in [1.82, 2.24) is 4.98 Å². The molecule has 0 radical (unpaired) electrons. The molecule has 0 amide bonds. The minimum Gasteiger partial charge on any atom is -0.249 e. The van der Waals surface area contributed by atoms with Crippen LogP contribution in [-0.4, -0.2) is 4.98 Å². The lowest BCUT2D eigenvalue weighted by molar-refractivity contribution is 1.27. The van der Waals surface area contributed by atoms with Gasteiger partial charge >= 0.3 is 0 Å². The summed E-state index contributed by atoms with van der Waals surface area (Å²) >= 11 is 3.23. The average molecular weight is 221 g/mol. The molecule has 1 aromatic heterocycles. The van der Waals surface area contributed by atoms with Crippen LogP contribution in [0, 0.1) is 23.2 Å². The summed E-state index contributed by atoms with van der Waals surface area (Å²) in [5.74, 6) is 5.56. The third-order valence-corrected chi connectivity index (χ3v) is 1.56. The minimum absolute atomic E-state index is 0.264. The topological polar surface area (TPSA) is 36.7 Å². The van der Waals surface area contributed by atoms with Crippen molar-refractivity contribution < 1.29 is 0 Å². The first kappa shape index (κ1) is 8.77. The van der Waals surface area contributed by atoms with Crippen LogP contribution in [0.2, 0.25) is 0 Å². The lowest BCUT2D eigenvalue weighted by Crippen LogP contribution is -1.77. The molecule has 58 valence electrons. The van der Waals surface area contributed by atoms with Gasteiger partial charge in [0.15, 0.2) is 0 Å². The highest BCUT2D eigenvalue weighted by Gasteiger charge is 1.88. The summed E-state index contributed by atoms with van der Waals surface area (Å²) < 4.78 is 0.756. The van der Waals surface area contributed by atoms with E-state index in [9.17, 15) is 0 Å². The van der Waals surface area contributed by atoms with E-state index < -0.39 is 0 Å². The van der Waals surface area contributed by atoms with Crippen LogP contribution in [0.3, 0.4) is 0 Å². The highest BCUT2D eigenvalue weighted by molar-refractivity contribution is 9.10. The van der Waals surface area contributed by atoms with Gasteiger partial charge < -0.3 is 0 Å². The summed E-state index contributed by atoms with van der Waals surface area (Å²) in [6, 6.07) is 5.56. The molecule has 0 saturated carbocycles. The van der Waals surface area contributed by atoms with Crippen LogP contribution >= 0.6 is 15.9 Å². The Morgan fingerprint density at radius 3 is 3.08 bits per heavy atom. The maximum absolute atomic E-state index is 8.22. The number of nitriles is 1. The van der Waals surface area contributed by atoms with Crippen LogP contribution in [0.5, 0.6) is 0 Å². The standard InChI is InChI=1S/C9H5BrN2/c10-9-7-8(4-6-12-9)3-1-2-5-11/h4,6-7H,2H2. The number of pyridine rings is 1. The minimum atomic E-state index is 0.264. The number of nitrogens with zero attached hydrogens (tertiary/aromatic N) is 2. The molecule has 0 bridgehead atoms. The summed E-state index contributed by atoms with van der Waals surface area (Å²) in [6.45, 7) is 0. The Balaban J connectivity index is 2.79. The maximum Gasteiger partial charge on any atom is 0.107 e. The van der Waals surface area contributed by atoms with Gasteiger partial charge in [-0.15, -0.1) is 0 Å². The Hall–Kier alpha value is -1.32. The fourth-order valence-electron chi connectivity index (χ4n) is 0.666. The monoisotopic (exact) mass is 220 g/mol. The zero-order valence-electron chi connectivity index (χ0n) is 6.21. The fourth-order valence-corrected chi connectivity index (χ4v) is 1.03. The Labute approximate surface area is 79.4 Å². The Morgan fingerprint density at radius 2 is 2.42 bits per heavy atom. The summed E-state index contributed by atoms with van der Waals surface area (Å²) in [6.07, 6.45) is 1.93. The van der Waals surface area contributed by atoms with Gasteiger partial charge in [-0.3, -0.25) is 0 Å². The molecule has 1 rings (SSSR count). The number of aromatic nitrogens is 1. The molecule has 3 heteroatoms.